The molecule has 1 aromatic heterocycles. The minimum Gasteiger partial charge on any atom is -0.383 e. The summed E-state index contributed by atoms with van der Waals surface area (Å²) in [5.41, 5.74) is 12.6. The fraction of sp³-hybridized carbons (Fsp3) is 0.360. The van der Waals surface area contributed by atoms with Crippen molar-refractivity contribution in [3.63, 3.8) is 0 Å². The average molecular weight is 477 g/mol. The number of hydrazine groups is 1. The van der Waals surface area contributed by atoms with Crippen LogP contribution in [0, 0.1) is 0 Å². The highest BCUT2D eigenvalue weighted by Crippen LogP contribution is 2.23. The molecule has 0 unspecified atom stereocenters. The molecule has 6 nitrogen and oxygen atoms in total. The summed E-state index contributed by atoms with van der Waals surface area (Å²) in [5.74, 6) is 6.47. The van der Waals surface area contributed by atoms with Crippen LogP contribution in [0.1, 0.15) is 45.2 Å². The number of nitrogen functional groups attached to an aromatic ring is 1. The third-order valence-corrected chi connectivity index (χ3v) is 4.34. The maximum Gasteiger partial charge on any atom is 0.150 e. The highest BCUT2D eigenvalue weighted by Gasteiger charge is 2.10. The molecule has 0 aliphatic rings. The van der Waals surface area contributed by atoms with Crippen molar-refractivity contribution in [1.82, 2.24) is 15.3 Å². The van der Waals surface area contributed by atoms with Crippen LogP contribution in [0.2, 0.25) is 0 Å². The van der Waals surface area contributed by atoms with E-state index >= 15 is 0 Å². The molecule has 182 valence electrons. The van der Waals surface area contributed by atoms with Gasteiger partial charge in [0.25, 0.3) is 0 Å². The van der Waals surface area contributed by atoms with E-state index in [0.29, 0.717) is 29.4 Å². The zero-order chi connectivity index (χ0) is 25.2. The van der Waals surface area contributed by atoms with Crippen LogP contribution < -0.4 is 17.0 Å². The second-order valence-corrected chi connectivity index (χ2v) is 7.65. The number of nitrogens with zero attached hydrogens (tertiary/aromatic N) is 3. The third kappa shape index (κ3) is 11.6. The lowest BCUT2D eigenvalue weighted by atomic mass is 10.0. The van der Waals surface area contributed by atoms with E-state index in [1.807, 2.05) is 19.1 Å². The molecule has 0 saturated heterocycles. The van der Waals surface area contributed by atoms with Gasteiger partial charge in [-0.2, -0.15) is 0 Å². The van der Waals surface area contributed by atoms with Gasteiger partial charge in [-0.15, -0.1) is 0 Å². The molecule has 0 aliphatic carbocycles. The maximum atomic E-state index is 9.50. The zero-order valence-electron chi connectivity index (χ0n) is 20.4. The molecule has 0 amide bonds. The quantitative estimate of drug-likeness (QED) is 0.198. The molecule has 0 aliphatic heterocycles. The Morgan fingerprint density at radius 1 is 1.24 bits per heavy atom. The number of halogens is 2. The Kier molecular flexibility index (Phi) is 16.3. The zero-order valence-corrected chi connectivity index (χ0v) is 21.2. The van der Waals surface area contributed by atoms with Crippen LogP contribution >= 0.6 is 11.6 Å². The molecule has 0 bridgehead atoms. The number of aliphatic imine (C=N–C) groups is 1. The molecular weight excluding hydrogens is 439 g/mol. The summed E-state index contributed by atoms with van der Waals surface area (Å²) in [6.07, 6.45) is 6.42. The molecule has 5 N–H and O–H groups in total. The summed E-state index contributed by atoms with van der Waals surface area (Å²) in [7, 11) is 0.500. The number of aromatic nitrogens is 1. The lowest BCUT2D eigenvalue weighted by Crippen LogP contribution is -2.31. The van der Waals surface area contributed by atoms with Gasteiger partial charge in [-0.05, 0) is 50.6 Å². The monoisotopic (exact) mass is 476 g/mol. The van der Waals surface area contributed by atoms with Gasteiger partial charge in [-0.25, -0.2) is 15.8 Å². The Morgan fingerprint density at radius 2 is 1.85 bits per heavy atom. The van der Waals surface area contributed by atoms with Gasteiger partial charge in [0.05, 0.1) is 12.7 Å². The van der Waals surface area contributed by atoms with Gasteiger partial charge in [0.15, 0.2) is 5.84 Å². The second-order valence-electron chi connectivity index (χ2n) is 7.00. The maximum absolute atomic E-state index is 9.50. The molecule has 0 spiro atoms. The molecule has 0 fully saturated rings. The Labute approximate surface area is 203 Å². The Hall–Kier alpha value is -2.74. The number of rotatable bonds is 8. The molecule has 33 heavy (non-hydrogen) atoms. The van der Waals surface area contributed by atoms with Gasteiger partial charge in [0.1, 0.15) is 5.82 Å². The van der Waals surface area contributed by atoms with Crippen LogP contribution in [0.15, 0.2) is 65.4 Å². The summed E-state index contributed by atoms with van der Waals surface area (Å²) in [6, 6.07) is 10.5. The van der Waals surface area contributed by atoms with E-state index in [-0.39, 0.29) is 0 Å². The molecule has 0 atom stereocenters. The second kappa shape index (κ2) is 17.8. The van der Waals surface area contributed by atoms with Crippen molar-refractivity contribution in [1.29, 1.82) is 0 Å². The average Bonchev–Trinajstić information content (AvgIpc) is 2.81. The van der Waals surface area contributed by atoms with Gasteiger partial charge < -0.3 is 11.2 Å². The van der Waals surface area contributed by atoms with E-state index in [1.54, 1.807) is 19.3 Å². The summed E-state index contributed by atoms with van der Waals surface area (Å²) in [6.45, 7) is 14.5. The number of nitrogens with one attached hydrogen (secondary N) is 1. The Bertz CT molecular complexity index is 877. The first kappa shape index (κ1) is 30.3. The van der Waals surface area contributed by atoms with Crippen LogP contribution in [-0.4, -0.2) is 36.0 Å². The number of allylic oxidation sites excluding steroid dienone is 2. The lowest BCUT2D eigenvalue weighted by molar-refractivity contribution is 0.280. The van der Waals surface area contributed by atoms with Gasteiger partial charge in [0.2, 0.25) is 0 Å². The highest BCUT2D eigenvalue weighted by molar-refractivity contribution is 6.28. The predicted octanol–water partition coefficient (Wildman–Crippen LogP) is 5.65. The fourth-order valence-electron chi connectivity index (χ4n) is 2.88. The minimum atomic E-state index is 0.384. The lowest BCUT2D eigenvalue weighted by Gasteiger charge is -2.19. The van der Waals surface area contributed by atoms with Crippen LogP contribution in [-0.2, 0) is 6.54 Å². The van der Waals surface area contributed by atoms with Gasteiger partial charge in [-0.3, -0.25) is 9.29 Å². The summed E-state index contributed by atoms with van der Waals surface area (Å²) in [4.78, 5) is 11.0. The third-order valence-electron chi connectivity index (χ3n) is 4.34. The number of hydrogen-bond acceptors (Lipinski definition) is 5. The Morgan fingerprint density at radius 3 is 2.33 bits per heavy atom. The number of benzene rings is 1. The van der Waals surface area contributed by atoms with Gasteiger partial charge >= 0.3 is 0 Å². The van der Waals surface area contributed by atoms with E-state index in [9.17, 15) is 4.39 Å². The number of hydrogen-bond donors (Lipinski definition) is 3. The molecule has 1 aromatic carbocycles. The largest absolute Gasteiger partial charge is 0.383 e. The van der Waals surface area contributed by atoms with Crippen molar-refractivity contribution < 1.29 is 4.39 Å². The normalized spacial score (nSPS) is 10.9. The number of amidine groups is 1. The van der Waals surface area contributed by atoms with Crippen LogP contribution in [0.25, 0.3) is 11.1 Å². The van der Waals surface area contributed by atoms with Gasteiger partial charge in [-0.1, -0.05) is 62.4 Å². The molecule has 8 heteroatoms. The van der Waals surface area contributed by atoms with Crippen LogP contribution in [0.5, 0.6) is 0 Å². The molecule has 0 radical (unpaired) electrons. The van der Waals surface area contributed by atoms with E-state index in [2.05, 4.69) is 65.0 Å². The number of anilines is 1. The first-order chi connectivity index (χ1) is 15.9. The first-order valence-corrected chi connectivity index (χ1v) is 11.2. The van der Waals surface area contributed by atoms with Crippen LogP contribution in [0.4, 0.5) is 10.2 Å². The standard InChI is InChI=1S/C21H30N6.C3H5Cl.CH3F/c1-4-11-24-21(26-23)19-13-18(14-25-20(19)22)17-9-7-16(8-10-17)15-27(6-3)12-5-2;1-3(2)4;1-2/h4,7-11,13-14H,5-6,12,15,23H2,1-3H3,(H2,22,25)(H,24,26);1H2,2H3;1H3/b11-4-;;. The number of pyridine rings is 1. The summed E-state index contributed by atoms with van der Waals surface area (Å²) >= 11 is 5.08. The van der Waals surface area contributed by atoms with E-state index in [1.165, 1.54) is 5.56 Å². The van der Waals surface area contributed by atoms with Crippen molar-refractivity contribution in [3.05, 3.63) is 71.5 Å². The SMILES string of the molecule is C/C=C\N=C(NN)c1cc(-c2ccc(CN(CC)CCC)cc2)cnc1N.C=C(C)Cl.CF. The topological polar surface area (TPSA) is 92.6 Å². The first-order valence-electron chi connectivity index (χ1n) is 10.8. The molecule has 2 aromatic rings. The molecule has 2 rings (SSSR count). The van der Waals surface area contributed by atoms with Crippen LogP contribution in [0.3, 0.4) is 0 Å². The van der Waals surface area contributed by atoms with Gasteiger partial charge in [0, 0.05) is 29.5 Å². The van der Waals surface area contributed by atoms with Crippen molar-refractivity contribution in [2.24, 2.45) is 10.8 Å². The summed E-state index contributed by atoms with van der Waals surface area (Å²) < 4.78 is 9.50. The molecule has 1 heterocycles. The number of nitrogens with two attached hydrogens (primary N) is 2. The minimum absolute atomic E-state index is 0.384. The summed E-state index contributed by atoms with van der Waals surface area (Å²) in [5, 5.41) is 0.639. The highest BCUT2D eigenvalue weighted by atomic mass is 35.5. The predicted molar refractivity (Wildman–Crippen MR) is 142 cm³/mol. The van der Waals surface area contributed by atoms with Crippen molar-refractivity contribution in [2.75, 3.05) is 26.0 Å². The smallest absolute Gasteiger partial charge is 0.150 e. The van der Waals surface area contributed by atoms with Crippen molar-refractivity contribution in [3.8, 4) is 11.1 Å². The van der Waals surface area contributed by atoms with Crippen molar-refractivity contribution in [2.45, 2.75) is 40.7 Å². The van der Waals surface area contributed by atoms with E-state index in [0.717, 1.165) is 37.2 Å². The van der Waals surface area contributed by atoms with E-state index < -0.39 is 0 Å². The molecular formula is C25H38ClFN6. The Balaban J connectivity index is 0.00000154. The number of alkyl halides is 1. The van der Waals surface area contributed by atoms with Crippen molar-refractivity contribution >= 4 is 23.3 Å². The molecule has 0 saturated carbocycles. The fourth-order valence-corrected chi connectivity index (χ4v) is 2.88. The van der Waals surface area contributed by atoms with E-state index in [4.69, 9.17) is 23.2 Å².